The van der Waals surface area contributed by atoms with Gasteiger partial charge in [0, 0.05) is 8.07 Å². The number of hydrogen-bond acceptors (Lipinski definition) is 0. The zero-order chi connectivity index (χ0) is 10.2. The molecule has 0 heterocycles. The van der Waals surface area contributed by atoms with Crippen molar-refractivity contribution in [2.24, 2.45) is 0 Å². The quantitative estimate of drug-likeness (QED) is 0.312. The maximum absolute atomic E-state index is 2.46. The van der Waals surface area contributed by atoms with Crippen LogP contribution in [0.4, 0.5) is 0 Å². The lowest BCUT2D eigenvalue weighted by Crippen LogP contribution is -2.18. The normalized spacial score (nSPS) is 12.6. The Morgan fingerprint density at radius 3 is 2.15 bits per heavy atom. The van der Waals surface area contributed by atoms with Crippen LogP contribution in [-0.2, 0) is 0 Å². The second-order valence-corrected chi connectivity index (χ2v) is 10.7. The van der Waals surface area contributed by atoms with Gasteiger partial charge in [-0.25, -0.2) is 0 Å². The van der Waals surface area contributed by atoms with Gasteiger partial charge in [0.2, 0.25) is 0 Å². The van der Waals surface area contributed by atoms with Crippen molar-refractivity contribution >= 4 is 8.07 Å². The fourth-order valence-corrected chi connectivity index (χ4v) is 2.69. The molecule has 13 heavy (non-hydrogen) atoms. The van der Waals surface area contributed by atoms with Crippen molar-refractivity contribution < 1.29 is 0 Å². The van der Waals surface area contributed by atoms with Crippen LogP contribution >= 0.6 is 0 Å². The van der Waals surface area contributed by atoms with Crippen molar-refractivity contribution in [2.45, 2.75) is 64.7 Å². The van der Waals surface area contributed by atoms with E-state index in [4.69, 9.17) is 0 Å². The second kappa shape index (κ2) is 7.37. The van der Waals surface area contributed by atoms with Gasteiger partial charge in [0.1, 0.15) is 0 Å². The highest BCUT2D eigenvalue weighted by Crippen LogP contribution is 2.14. The molecule has 0 bridgehead atoms. The Bertz CT molecular complexity index is 131. The van der Waals surface area contributed by atoms with Gasteiger partial charge in [-0.3, -0.25) is 0 Å². The van der Waals surface area contributed by atoms with Gasteiger partial charge in [-0.05, 0) is 19.3 Å². The SMILES string of the molecule is CCC=CCCCCC[Si](C)(C)C. The maximum Gasteiger partial charge on any atom is 0.0442 e. The van der Waals surface area contributed by atoms with Gasteiger partial charge in [0.25, 0.3) is 0 Å². The van der Waals surface area contributed by atoms with Crippen molar-refractivity contribution in [3.05, 3.63) is 12.2 Å². The summed E-state index contributed by atoms with van der Waals surface area (Å²) in [6, 6.07) is 1.50. The molecule has 0 amide bonds. The summed E-state index contributed by atoms with van der Waals surface area (Å²) in [5.74, 6) is 0. The molecule has 0 atom stereocenters. The summed E-state index contributed by atoms with van der Waals surface area (Å²) < 4.78 is 0. The van der Waals surface area contributed by atoms with Crippen molar-refractivity contribution in [3.8, 4) is 0 Å². The number of allylic oxidation sites excluding steroid dienone is 2. The van der Waals surface area contributed by atoms with Crippen LogP contribution in [-0.4, -0.2) is 8.07 Å². The molecule has 0 saturated heterocycles. The molecule has 0 fully saturated rings. The van der Waals surface area contributed by atoms with Crippen molar-refractivity contribution in [3.63, 3.8) is 0 Å². The Morgan fingerprint density at radius 2 is 1.62 bits per heavy atom. The topological polar surface area (TPSA) is 0 Å². The minimum absolute atomic E-state index is 0.751. The molecule has 1 heteroatoms. The van der Waals surface area contributed by atoms with E-state index in [0.29, 0.717) is 0 Å². The predicted molar refractivity (Wildman–Crippen MR) is 66.1 cm³/mol. The molecule has 0 saturated carbocycles. The largest absolute Gasteiger partial charge is 0.0888 e. The number of hydrogen-bond donors (Lipinski definition) is 0. The molecule has 0 nitrogen and oxygen atoms in total. The molecule has 0 aromatic carbocycles. The summed E-state index contributed by atoms with van der Waals surface area (Å²) >= 11 is 0. The summed E-state index contributed by atoms with van der Waals surface area (Å²) in [5.41, 5.74) is 0. The molecule has 0 unspecified atom stereocenters. The van der Waals surface area contributed by atoms with E-state index in [9.17, 15) is 0 Å². The summed E-state index contributed by atoms with van der Waals surface area (Å²) in [6.45, 7) is 9.58. The molecular formula is C12H26Si. The smallest absolute Gasteiger partial charge is 0.0442 e. The molecule has 0 aliphatic rings. The molecule has 0 N–H and O–H groups in total. The average molecular weight is 198 g/mol. The number of unbranched alkanes of at least 4 members (excludes halogenated alkanes) is 3. The first-order valence-corrected chi connectivity index (χ1v) is 9.42. The third-order valence-corrected chi connectivity index (χ3v) is 4.05. The predicted octanol–water partition coefficient (Wildman–Crippen LogP) is 4.85. The lowest BCUT2D eigenvalue weighted by molar-refractivity contribution is 0.722. The van der Waals surface area contributed by atoms with Gasteiger partial charge < -0.3 is 0 Å². The summed E-state index contributed by atoms with van der Waals surface area (Å²) in [7, 11) is -0.751. The van der Waals surface area contributed by atoms with Gasteiger partial charge >= 0.3 is 0 Å². The molecule has 0 aromatic heterocycles. The highest BCUT2D eigenvalue weighted by atomic mass is 28.3. The first-order chi connectivity index (χ1) is 6.06. The van der Waals surface area contributed by atoms with Gasteiger partial charge in [0.05, 0.1) is 0 Å². The minimum atomic E-state index is -0.751. The van der Waals surface area contributed by atoms with E-state index in [2.05, 4.69) is 38.7 Å². The zero-order valence-corrected chi connectivity index (χ0v) is 10.9. The molecule has 78 valence electrons. The maximum atomic E-state index is 2.46. The molecular weight excluding hydrogens is 172 g/mol. The Balaban J connectivity index is 3.13. The van der Waals surface area contributed by atoms with E-state index < -0.39 is 8.07 Å². The van der Waals surface area contributed by atoms with E-state index in [0.717, 1.165) is 0 Å². The Labute approximate surface area is 85.4 Å². The fraction of sp³-hybridized carbons (Fsp3) is 0.833. The van der Waals surface area contributed by atoms with Gasteiger partial charge in [0.15, 0.2) is 0 Å². The molecule has 0 aromatic rings. The highest BCUT2D eigenvalue weighted by Gasteiger charge is 2.10. The van der Waals surface area contributed by atoms with Crippen LogP contribution < -0.4 is 0 Å². The van der Waals surface area contributed by atoms with Crippen molar-refractivity contribution in [1.82, 2.24) is 0 Å². The van der Waals surface area contributed by atoms with E-state index in [1.165, 1.54) is 38.1 Å². The summed E-state index contributed by atoms with van der Waals surface area (Å²) in [6.07, 6.45) is 11.4. The molecule has 0 aliphatic heterocycles. The van der Waals surface area contributed by atoms with Crippen LogP contribution in [0, 0.1) is 0 Å². The Morgan fingerprint density at radius 1 is 0.923 bits per heavy atom. The van der Waals surface area contributed by atoms with E-state index in [1.807, 2.05) is 0 Å². The summed E-state index contributed by atoms with van der Waals surface area (Å²) in [5, 5.41) is 0. The average Bonchev–Trinajstić information content (AvgIpc) is 2.01. The van der Waals surface area contributed by atoms with Crippen LogP contribution in [0.5, 0.6) is 0 Å². The van der Waals surface area contributed by atoms with Crippen LogP contribution in [0.25, 0.3) is 0 Å². The first-order valence-electron chi connectivity index (χ1n) is 5.71. The Kier molecular flexibility index (Phi) is 7.34. The molecule has 0 radical (unpaired) electrons. The molecule has 0 aliphatic carbocycles. The molecule has 0 spiro atoms. The lowest BCUT2D eigenvalue weighted by atomic mass is 10.2. The van der Waals surface area contributed by atoms with Crippen molar-refractivity contribution in [2.75, 3.05) is 0 Å². The highest BCUT2D eigenvalue weighted by molar-refractivity contribution is 6.76. The zero-order valence-electron chi connectivity index (χ0n) is 9.90. The number of rotatable bonds is 7. The van der Waals surface area contributed by atoms with Crippen LogP contribution in [0.15, 0.2) is 12.2 Å². The third kappa shape index (κ3) is 12.0. The Hall–Kier alpha value is -0.0431. The third-order valence-electron chi connectivity index (χ3n) is 2.20. The van der Waals surface area contributed by atoms with Crippen LogP contribution in [0.1, 0.15) is 39.0 Å². The minimum Gasteiger partial charge on any atom is -0.0888 e. The van der Waals surface area contributed by atoms with Crippen LogP contribution in [0.3, 0.4) is 0 Å². The van der Waals surface area contributed by atoms with Gasteiger partial charge in [-0.15, -0.1) is 0 Å². The standard InChI is InChI=1S/C12H26Si/c1-5-6-7-8-9-10-11-12-13(2,3)4/h6-7H,5,8-12H2,1-4H3. The van der Waals surface area contributed by atoms with Gasteiger partial charge in [-0.2, -0.15) is 0 Å². The fourth-order valence-electron chi connectivity index (χ4n) is 1.38. The van der Waals surface area contributed by atoms with E-state index in [1.54, 1.807) is 0 Å². The van der Waals surface area contributed by atoms with Crippen LogP contribution in [0.2, 0.25) is 25.7 Å². The monoisotopic (exact) mass is 198 g/mol. The lowest BCUT2D eigenvalue weighted by Gasteiger charge is -2.14. The van der Waals surface area contributed by atoms with E-state index >= 15 is 0 Å². The van der Waals surface area contributed by atoms with Crippen molar-refractivity contribution in [1.29, 1.82) is 0 Å². The summed E-state index contributed by atoms with van der Waals surface area (Å²) in [4.78, 5) is 0. The van der Waals surface area contributed by atoms with Gasteiger partial charge in [-0.1, -0.05) is 57.6 Å². The second-order valence-electron chi connectivity index (χ2n) is 5.04. The van der Waals surface area contributed by atoms with E-state index in [-0.39, 0.29) is 0 Å². The first kappa shape index (κ1) is 13.0. The molecule has 0 rings (SSSR count).